The monoisotopic (exact) mass is 255 g/mol. The first-order chi connectivity index (χ1) is 8.09. The standard InChI is InChI=1S/C15H29NO2/c1-8-18-12-9-11(15(12,5)6)16(7)13(17)10-14(2,3)4/h11-12H,8-10H2,1-7H3/t11-,12+/m1/s1. The summed E-state index contributed by atoms with van der Waals surface area (Å²) in [4.78, 5) is 14.2. The van der Waals surface area contributed by atoms with Crippen LogP contribution in [0.2, 0.25) is 0 Å². The molecule has 1 aliphatic carbocycles. The van der Waals surface area contributed by atoms with Crippen LogP contribution in [0, 0.1) is 10.8 Å². The van der Waals surface area contributed by atoms with Crippen molar-refractivity contribution in [2.24, 2.45) is 10.8 Å². The average molecular weight is 255 g/mol. The van der Waals surface area contributed by atoms with E-state index in [0.717, 1.165) is 13.0 Å². The van der Waals surface area contributed by atoms with Gasteiger partial charge in [-0.15, -0.1) is 0 Å². The molecule has 0 unspecified atom stereocenters. The topological polar surface area (TPSA) is 29.5 Å². The predicted octanol–water partition coefficient (Wildman–Crippen LogP) is 3.08. The Morgan fingerprint density at radius 1 is 1.39 bits per heavy atom. The summed E-state index contributed by atoms with van der Waals surface area (Å²) in [7, 11) is 1.93. The summed E-state index contributed by atoms with van der Waals surface area (Å²) in [6, 6.07) is 0.309. The van der Waals surface area contributed by atoms with E-state index in [-0.39, 0.29) is 22.8 Å². The maximum atomic E-state index is 12.2. The van der Waals surface area contributed by atoms with Crippen molar-refractivity contribution in [3.05, 3.63) is 0 Å². The van der Waals surface area contributed by atoms with Gasteiger partial charge in [-0.1, -0.05) is 34.6 Å². The van der Waals surface area contributed by atoms with E-state index in [1.807, 2.05) is 18.9 Å². The van der Waals surface area contributed by atoms with Gasteiger partial charge < -0.3 is 9.64 Å². The first kappa shape index (κ1) is 15.5. The lowest BCUT2D eigenvalue weighted by molar-refractivity contribution is -0.164. The van der Waals surface area contributed by atoms with Gasteiger partial charge in [0.05, 0.1) is 6.10 Å². The van der Waals surface area contributed by atoms with Gasteiger partial charge in [0, 0.05) is 31.5 Å². The summed E-state index contributed by atoms with van der Waals surface area (Å²) >= 11 is 0. The highest BCUT2D eigenvalue weighted by Gasteiger charge is 2.51. The minimum atomic E-state index is 0.0541. The lowest BCUT2D eigenvalue weighted by atomic mass is 9.63. The van der Waals surface area contributed by atoms with Crippen LogP contribution >= 0.6 is 0 Å². The Morgan fingerprint density at radius 3 is 2.33 bits per heavy atom. The van der Waals surface area contributed by atoms with Crippen molar-refractivity contribution >= 4 is 5.91 Å². The number of carbonyl (C=O) groups excluding carboxylic acids is 1. The average Bonchev–Trinajstić information content (AvgIpc) is 2.20. The number of hydrogen-bond acceptors (Lipinski definition) is 2. The molecule has 0 aromatic carbocycles. The Balaban J connectivity index is 2.59. The summed E-state index contributed by atoms with van der Waals surface area (Å²) in [6.07, 6.45) is 1.86. The third kappa shape index (κ3) is 3.25. The normalized spacial score (nSPS) is 26.6. The zero-order valence-electron chi connectivity index (χ0n) is 13.0. The molecule has 0 N–H and O–H groups in total. The van der Waals surface area contributed by atoms with Crippen molar-refractivity contribution < 1.29 is 9.53 Å². The Labute approximate surface area is 112 Å². The zero-order chi connectivity index (χ0) is 14.1. The molecule has 1 saturated carbocycles. The number of amides is 1. The van der Waals surface area contributed by atoms with Crippen molar-refractivity contribution in [2.45, 2.75) is 66.5 Å². The molecule has 1 aliphatic rings. The van der Waals surface area contributed by atoms with Crippen LogP contribution in [0.4, 0.5) is 0 Å². The Morgan fingerprint density at radius 2 is 1.94 bits per heavy atom. The maximum Gasteiger partial charge on any atom is 0.223 e. The lowest BCUT2D eigenvalue weighted by Gasteiger charge is -2.55. The molecule has 2 atom stereocenters. The molecule has 0 bridgehead atoms. The highest BCUT2D eigenvalue weighted by molar-refractivity contribution is 5.77. The van der Waals surface area contributed by atoms with E-state index >= 15 is 0 Å². The van der Waals surface area contributed by atoms with Crippen LogP contribution in [-0.2, 0) is 9.53 Å². The molecular weight excluding hydrogens is 226 g/mol. The third-order valence-electron chi connectivity index (χ3n) is 4.04. The Kier molecular flexibility index (Phi) is 4.47. The zero-order valence-corrected chi connectivity index (χ0v) is 13.0. The summed E-state index contributed by atoms with van der Waals surface area (Å²) < 4.78 is 5.72. The number of rotatable bonds is 4. The third-order valence-corrected chi connectivity index (χ3v) is 4.04. The molecule has 1 amide bonds. The van der Waals surface area contributed by atoms with Gasteiger partial charge in [-0.05, 0) is 18.8 Å². The number of ether oxygens (including phenoxy) is 1. The molecule has 106 valence electrons. The van der Waals surface area contributed by atoms with E-state index in [0.29, 0.717) is 12.5 Å². The number of carbonyl (C=O) groups is 1. The van der Waals surface area contributed by atoms with Gasteiger partial charge in [0.1, 0.15) is 0 Å². The SMILES string of the molecule is CCO[C@H]1C[C@@H](N(C)C(=O)CC(C)(C)C)C1(C)C. The first-order valence-electron chi connectivity index (χ1n) is 6.97. The van der Waals surface area contributed by atoms with Crippen molar-refractivity contribution in [1.29, 1.82) is 0 Å². The highest BCUT2D eigenvalue weighted by atomic mass is 16.5. The molecule has 0 aromatic rings. The van der Waals surface area contributed by atoms with E-state index in [1.54, 1.807) is 0 Å². The largest absolute Gasteiger partial charge is 0.378 e. The smallest absolute Gasteiger partial charge is 0.223 e. The van der Waals surface area contributed by atoms with Crippen LogP contribution in [-0.4, -0.2) is 36.6 Å². The van der Waals surface area contributed by atoms with Crippen LogP contribution in [0.5, 0.6) is 0 Å². The quantitative estimate of drug-likeness (QED) is 0.772. The Hall–Kier alpha value is -0.570. The van der Waals surface area contributed by atoms with E-state index in [1.165, 1.54) is 0 Å². The van der Waals surface area contributed by atoms with Gasteiger partial charge in [0.2, 0.25) is 5.91 Å². The summed E-state index contributed by atoms with van der Waals surface area (Å²) in [5.41, 5.74) is 0.122. The van der Waals surface area contributed by atoms with Crippen LogP contribution in [0.3, 0.4) is 0 Å². The minimum absolute atomic E-state index is 0.0541. The first-order valence-corrected chi connectivity index (χ1v) is 6.97. The maximum absolute atomic E-state index is 12.2. The summed E-state index contributed by atoms with van der Waals surface area (Å²) in [5.74, 6) is 0.246. The second-order valence-electron chi connectivity index (χ2n) is 7.26. The molecule has 3 nitrogen and oxygen atoms in total. The minimum Gasteiger partial charge on any atom is -0.378 e. The van der Waals surface area contributed by atoms with Crippen molar-refractivity contribution in [3.8, 4) is 0 Å². The lowest BCUT2D eigenvalue weighted by Crippen LogP contribution is -2.62. The molecule has 1 fully saturated rings. The molecule has 18 heavy (non-hydrogen) atoms. The molecule has 0 heterocycles. The predicted molar refractivity (Wildman–Crippen MR) is 74.4 cm³/mol. The Bertz CT molecular complexity index is 304. The fourth-order valence-corrected chi connectivity index (χ4v) is 2.76. The van der Waals surface area contributed by atoms with Gasteiger partial charge in [-0.3, -0.25) is 4.79 Å². The van der Waals surface area contributed by atoms with Crippen molar-refractivity contribution in [3.63, 3.8) is 0 Å². The molecular formula is C15H29NO2. The van der Waals surface area contributed by atoms with Crippen LogP contribution < -0.4 is 0 Å². The summed E-state index contributed by atoms with van der Waals surface area (Å²) in [5, 5.41) is 0. The van der Waals surface area contributed by atoms with Crippen LogP contribution in [0.1, 0.15) is 54.4 Å². The van der Waals surface area contributed by atoms with Crippen LogP contribution in [0.15, 0.2) is 0 Å². The van der Waals surface area contributed by atoms with Gasteiger partial charge in [0.25, 0.3) is 0 Å². The fourth-order valence-electron chi connectivity index (χ4n) is 2.76. The molecule has 1 rings (SSSR count). The number of nitrogens with zero attached hydrogens (tertiary/aromatic N) is 1. The molecule has 0 aromatic heterocycles. The molecule has 3 heteroatoms. The van der Waals surface area contributed by atoms with Gasteiger partial charge in [0.15, 0.2) is 0 Å². The van der Waals surface area contributed by atoms with E-state index < -0.39 is 0 Å². The summed E-state index contributed by atoms with van der Waals surface area (Å²) in [6.45, 7) is 13.5. The van der Waals surface area contributed by atoms with Crippen LogP contribution in [0.25, 0.3) is 0 Å². The highest BCUT2D eigenvalue weighted by Crippen LogP contribution is 2.45. The second kappa shape index (κ2) is 5.20. The molecule has 0 radical (unpaired) electrons. The molecule has 0 aliphatic heterocycles. The fraction of sp³-hybridized carbons (Fsp3) is 0.933. The molecule has 0 saturated heterocycles. The van der Waals surface area contributed by atoms with E-state index in [2.05, 4.69) is 34.6 Å². The van der Waals surface area contributed by atoms with Crippen molar-refractivity contribution in [2.75, 3.05) is 13.7 Å². The molecule has 0 spiro atoms. The van der Waals surface area contributed by atoms with Gasteiger partial charge >= 0.3 is 0 Å². The van der Waals surface area contributed by atoms with Gasteiger partial charge in [-0.2, -0.15) is 0 Å². The number of hydrogen-bond donors (Lipinski definition) is 0. The van der Waals surface area contributed by atoms with E-state index in [4.69, 9.17) is 4.74 Å². The van der Waals surface area contributed by atoms with Crippen molar-refractivity contribution in [1.82, 2.24) is 4.90 Å². The second-order valence-corrected chi connectivity index (χ2v) is 7.26. The van der Waals surface area contributed by atoms with E-state index in [9.17, 15) is 4.79 Å². The van der Waals surface area contributed by atoms with Gasteiger partial charge in [-0.25, -0.2) is 0 Å².